The van der Waals surface area contributed by atoms with Gasteiger partial charge in [0, 0.05) is 6.07 Å². The molecule has 8 heteroatoms. The predicted octanol–water partition coefficient (Wildman–Crippen LogP) is 1.87. The lowest BCUT2D eigenvalue weighted by Crippen LogP contribution is -2.15. The molecule has 120 valence electrons. The van der Waals surface area contributed by atoms with E-state index in [2.05, 4.69) is 4.72 Å². The molecule has 0 aliphatic heterocycles. The van der Waals surface area contributed by atoms with Crippen molar-refractivity contribution in [3.05, 3.63) is 53.8 Å². The Morgan fingerprint density at radius 1 is 1.26 bits per heavy atom. The van der Waals surface area contributed by atoms with Crippen LogP contribution in [0.3, 0.4) is 0 Å². The van der Waals surface area contributed by atoms with E-state index in [1.165, 1.54) is 24.3 Å². The van der Waals surface area contributed by atoms with Crippen molar-refractivity contribution in [1.82, 2.24) is 0 Å². The molecule has 0 saturated heterocycles. The molecular formula is C15H13FN2O4S. The van der Waals surface area contributed by atoms with Gasteiger partial charge >= 0.3 is 0 Å². The Kier molecular flexibility index (Phi) is 5.16. The summed E-state index contributed by atoms with van der Waals surface area (Å²) in [6.07, 6.45) is 0. The zero-order valence-electron chi connectivity index (χ0n) is 11.9. The number of rotatable bonds is 6. The second-order valence-corrected chi connectivity index (χ2v) is 6.08. The standard InChI is InChI=1S/C15H13FN2O4S/c16-12-5-6-13(14(9-12)22-8-7-19)18-23(20,21)15-4-2-1-3-11(15)10-17/h1-6,9,18-19H,7-8H2. The average molecular weight is 336 g/mol. The molecule has 6 nitrogen and oxygen atoms in total. The van der Waals surface area contributed by atoms with E-state index in [9.17, 15) is 12.8 Å². The molecule has 0 aromatic heterocycles. The highest BCUT2D eigenvalue weighted by Gasteiger charge is 2.20. The van der Waals surface area contributed by atoms with Crippen LogP contribution >= 0.6 is 0 Å². The molecule has 2 aromatic rings. The maximum Gasteiger partial charge on any atom is 0.263 e. The van der Waals surface area contributed by atoms with E-state index < -0.39 is 15.8 Å². The van der Waals surface area contributed by atoms with Crippen LogP contribution in [0.5, 0.6) is 5.75 Å². The fraction of sp³-hybridized carbons (Fsp3) is 0.133. The number of nitrogens with one attached hydrogen (secondary N) is 1. The molecule has 0 bridgehead atoms. The molecule has 0 aliphatic carbocycles. The maximum atomic E-state index is 13.3. The molecule has 0 amide bonds. The van der Waals surface area contributed by atoms with Crippen LogP contribution in [0.2, 0.25) is 0 Å². The third-order valence-electron chi connectivity index (χ3n) is 2.83. The molecule has 2 aromatic carbocycles. The Hall–Kier alpha value is -2.63. The summed E-state index contributed by atoms with van der Waals surface area (Å²) in [5, 5.41) is 17.8. The van der Waals surface area contributed by atoms with Crippen LogP contribution in [0.4, 0.5) is 10.1 Å². The van der Waals surface area contributed by atoms with Crippen molar-refractivity contribution >= 4 is 15.7 Å². The van der Waals surface area contributed by atoms with Crippen molar-refractivity contribution in [2.75, 3.05) is 17.9 Å². The van der Waals surface area contributed by atoms with Crippen LogP contribution < -0.4 is 9.46 Å². The highest BCUT2D eigenvalue weighted by atomic mass is 32.2. The van der Waals surface area contributed by atoms with Gasteiger partial charge in [-0.2, -0.15) is 5.26 Å². The van der Waals surface area contributed by atoms with Crippen LogP contribution in [-0.2, 0) is 10.0 Å². The first kappa shape index (κ1) is 16.7. The minimum absolute atomic E-state index is 0.00703. The van der Waals surface area contributed by atoms with Crippen molar-refractivity contribution in [3.63, 3.8) is 0 Å². The first-order valence-corrected chi connectivity index (χ1v) is 8.01. The summed E-state index contributed by atoms with van der Waals surface area (Å²) in [6.45, 7) is -0.424. The van der Waals surface area contributed by atoms with E-state index in [1.807, 2.05) is 0 Å². The Morgan fingerprint density at radius 3 is 2.70 bits per heavy atom. The van der Waals surface area contributed by atoms with Crippen molar-refractivity contribution in [3.8, 4) is 11.8 Å². The van der Waals surface area contributed by atoms with Gasteiger partial charge in [0.15, 0.2) is 0 Å². The number of aliphatic hydroxyl groups is 1. The number of anilines is 1. The minimum atomic E-state index is -4.05. The summed E-state index contributed by atoms with van der Waals surface area (Å²) in [5.41, 5.74) is -0.00692. The summed E-state index contributed by atoms with van der Waals surface area (Å²) in [7, 11) is -4.05. The van der Waals surface area contributed by atoms with Gasteiger partial charge < -0.3 is 9.84 Å². The molecule has 0 atom stereocenters. The lowest BCUT2D eigenvalue weighted by Gasteiger charge is -2.14. The number of benzene rings is 2. The van der Waals surface area contributed by atoms with Crippen LogP contribution in [0.1, 0.15) is 5.56 Å². The second kappa shape index (κ2) is 7.09. The average Bonchev–Trinajstić information content (AvgIpc) is 2.54. The number of aliphatic hydroxyl groups excluding tert-OH is 1. The lowest BCUT2D eigenvalue weighted by molar-refractivity contribution is 0.201. The first-order valence-electron chi connectivity index (χ1n) is 6.53. The first-order chi connectivity index (χ1) is 11.0. The van der Waals surface area contributed by atoms with E-state index in [-0.39, 0.29) is 35.1 Å². The normalized spacial score (nSPS) is 10.8. The molecular weight excluding hydrogens is 323 g/mol. The molecule has 0 fully saturated rings. The number of nitrogens with zero attached hydrogens (tertiary/aromatic N) is 1. The largest absolute Gasteiger partial charge is 0.489 e. The monoisotopic (exact) mass is 336 g/mol. The fourth-order valence-electron chi connectivity index (χ4n) is 1.85. The topological polar surface area (TPSA) is 99.4 Å². The molecule has 0 unspecified atom stereocenters. The molecule has 0 heterocycles. The Labute approximate surface area is 132 Å². The third kappa shape index (κ3) is 3.97. The summed E-state index contributed by atoms with van der Waals surface area (Å²) >= 11 is 0. The van der Waals surface area contributed by atoms with Gasteiger partial charge in [-0.1, -0.05) is 12.1 Å². The van der Waals surface area contributed by atoms with E-state index in [4.69, 9.17) is 15.1 Å². The lowest BCUT2D eigenvalue weighted by atomic mass is 10.2. The summed E-state index contributed by atoms with van der Waals surface area (Å²) in [4.78, 5) is -0.195. The summed E-state index contributed by atoms with van der Waals surface area (Å²) < 4.78 is 45.5. The Balaban J connectivity index is 2.40. The Morgan fingerprint density at radius 2 is 2.00 bits per heavy atom. The van der Waals surface area contributed by atoms with Crippen molar-refractivity contribution in [1.29, 1.82) is 5.26 Å². The molecule has 0 saturated carbocycles. The number of halogens is 1. The van der Waals surface area contributed by atoms with Crippen LogP contribution in [0.15, 0.2) is 47.4 Å². The van der Waals surface area contributed by atoms with Gasteiger partial charge in [-0.25, -0.2) is 12.8 Å². The zero-order chi connectivity index (χ0) is 16.9. The maximum absolute atomic E-state index is 13.3. The quantitative estimate of drug-likeness (QED) is 0.839. The molecule has 2 N–H and O–H groups in total. The zero-order valence-corrected chi connectivity index (χ0v) is 12.7. The summed E-state index contributed by atoms with van der Waals surface area (Å²) in [6, 6.07) is 10.8. The van der Waals surface area contributed by atoms with E-state index in [1.54, 1.807) is 12.1 Å². The Bertz CT molecular complexity index is 847. The number of nitriles is 1. The minimum Gasteiger partial charge on any atom is -0.489 e. The highest BCUT2D eigenvalue weighted by Crippen LogP contribution is 2.28. The van der Waals surface area contributed by atoms with Crippen LogP contribution in [0, 0.1) is 17.1 Å². The van der Waals surface area contributed by atoms with Gasteiger partial charge in [0.25, 0.3) is 10.0 Å². The molecule has 0 spiro atoms. The SMILES string of the molecule is N#Cc1ccccc1S(=O)(=O)Nc1ccc(F)cc1OCCO. The highest BCUT2D eigenvalue weighted by molar-refractivity contribution is 7.92. The van der Waals surface area contributed by atoms with Crippen molar-refractivity contribution < 1.29 is 22.7 Å². The molecule has 23 heavy (non-hydrogen) atoms. The molecule has 2 rings (SSSR count). The van der Waals surface area contributed by atoms with Gasteiger partial charge in [-0.3, -0.25) is 4.72 Å². The van der Waals surface area contributed by atoms with Gasteiger partial charge in [-0.05, 0) is 24.3 Å². The van der Waals surface area contributed by atoms with Gasteiger partial charge in [0.05, 0.1) is 17.9 Å². The van der Waals surface area contributed by atoms with E-state index in [0.29, 0.717) is 0 Å². The number of hydrogen-bond donors (Lipinski definition) is 2. The van der Waals surface area contributed by atoms with E-state index >= 15 is 0 Å². The smallest absolute Gasteiger partial charge is 0.263 e. The van der Waals surface area contributed by atoms with Crippen LogP contribution in [0.25, 0.3) is 0 Å². The molecule has 0 aliphatic rings. The summed E-state index contributed by atoms with van der Waals surface area (Å²) in [5.74, 6) is -0.671. The van der Waals surface area contributed by atoms with Crippen molar-refractivity contribution in [2.45, 2.75) is 4.90 Å². The van der Waals surface area contributed by atoms with Gasteiger partial charge in [-0.15, -0.1) is 0 Å². The van der Waals surface area contributed by atoms with Gasteiger partial charge in [0.2, 0.25) is 0 Å². The van der Waals surface area contributed by atoms with E-state index in [0.717, 1.165) is 12.1 Å². The molecule has 0 radical (unpaired) electrons. The van der Waals surface area contributed by atoms with Crippen LogP contribution in [-0.4, -0.2) is 26.7 Å². The van der Waals surface area contributed by atoms with Gasteiger partial charge in [0.1, 0.15) is 29.1 Å². The number of hydrogen-bond acceptors (Lipinski definition) is 5. The predicted molar refractivity (Wildman–Crippen MR) is 80.9 cm³/mol. The fourth-order valence-corrected chi connectivity index (χ4v) is 3.08. The number of sulfonamides is 1. The number of ether oxygens (including phenoxy) is 1. The second-order valence-electron chi connectivity index (χ2n) is 4.43. The van der Waals surface area contributed by atoms with Crippen molar-refractivity contribution in [2.24, 2.45) is 0 Å². The third-order valence-corrected chi connectivity index (χ3v) is 4.26.